The van der Waals surface area contributed by atoms with E-state index < -0.39 is 10.0 Å². The molecule has 1 amide bonds. The summed E-state index contributed by atoms with van der Waals surface area (Å²) in [4.78, 5) is 12.2. The normalized spacial score (nSPS) is 11.5. The molecule has 0 unspecified atom stereocenters. The number of unbranched alkanes of at least 4 members (excludes halogenated alkanes) is 1. The second kappa shape index (κ2) is 10.4. The standard InChI is InChI=1S/C22H30N2O4S/c1-17-8-9-18(2)21(15-17)28-14-6-5-7-22(25)23-16-19-10-12-20(13-11-19)29(26,27)24(3)4/h8-13,15H,5-7,14,16H2,1-4H3,(H,23,25). The van der Waals surface area contributed by atoms with E-state index in [0.717, 1.165) is 35.3 Å². The quantitative estimate of drug-likeness (QED) is 0.600. The van der Waals surface area contributed by atoms with Gasteiger partial charge in [-0.25, -0.2) is 12.7 Å². The topological polar surface area (TPSA) is 75.7 Å². The fourth-order valence-electron chi connectivity index (χ4n) is 2.71. The highest BCUT2D eigenvalue weighted by Gasteiger charge is 2.16. The summed E-state index contributed by atoms with van der Waals surface area (Å²) in [6.45, 7) is 5.01. The lowest BCUT2D eigenvalue weighted by molar-refractivity contribution is -0.121. The molecule has 29 heavy (non-hydrogen) atoms. The molecule has 0 saturated heterocycles. The summed E-state index contributed by atoms with van der Waals surface area (Å²) in [7, 11) is -0.440. The van der Waals surface area contributed by atoms with E-state index in [9.17, 15) is 13.2 Å². The molecule has 158 valence electrons. The van der Waals surface area contributed by atoms with Gasteiger partial charge in [0.25, 0.3) is 0 Å². The van der Waals surface area contributed by atoms with Crippen LogP contribution < -0.4 is 10.1 Å². The van der Waals surface area contributed by atoms with Crippen LogP contribution in [0.4, 0.5) is 0 Å². The maximum absolute atomic E-state index is 12.1. The maximum Gasteiger partial charge on any atom is 0.242 e. The molecule has 6 nitrogen and oxygen atoms in total. The molecular weight excluding hydrogens is 388 g/mol. The van der Waals surface area contributed by atoms with Gasteiger partial charge in [-0.15, -0.1) is 0 Å². The molecule has 0 aliphatic carbocycles. The zero-order chi connectivity index (χ0) is 21.4. The van der Waals surface area contributed by atoms with Crippen LogP contribution in [0.25, 0.3) is 0 Å². The number of nitrogens with zero attached hydrogens (tertiary/aromatic N) is 1. The number of nitrogens with one attached hydrogen (secondary N) is 1. The van der Waals surface area contributed by atoms with Crippen LogP contribution in [-0.2, 0) is 21.4 Å². The number of hydrogen-bond acceptors (Lipinski definition) is 4. The molecule has 0 spiro atoms. The van der Waals surface area contributed by atoms with Crippen LogP contribution in [0, 0.1) is 13.8 Å². The van der Waals surface area contributed by atoms with Gasteiger partial charge in [0, 0.05) is 27.1 Å². The first kappa shape index (κ1) is 22.9. The molecule has 0 heterocycles. The molecule has 0 radical (unpaired) electrons. The van der Waals surface area contributed by atoms with Crippen LogP contribution in [0.15, 0.2) is 47.4 Å². The number of carbonyl (C=O) groups is 1. The minimum Gasteiger partial charge on any atom is -0.493 e. The number of benzene rings is 2. The molecule has 0 saturated carbocycles. The number of sulfonamides is 1. The smallest absolute Gasteiger partial charge is 0.242 e. The van der Waals surface area contributed by atoms with E-state index in [1.54, 1.807) is 24.3 Å². The van der Waals surface area contributed by atoms with Crippen molar-refractivity contribution in [3.05, 3.63) is 59.2 Å². The predicted molar refractivity (Wildman–Crippen MR) is 114 cm³/mol. The Labute approximate surface area is 173 Å². The largest absolute Gasteiger partial charge is 0.493 e. The molecule has 0 aromatic heterocycles. The molecule has 0 aliphatic heterocycles. The lowest BCUT2D eigenvalue weighted by Crippen LogP contribution is -2.23. The van der Waals surface area contributed by atoms with Crippen LogP contribution in [0.5, 0.6) is 5.75 Å². The molecule has 7 heteroatoms. The van der Waals surface area contributed by atoms with E-state index in [1.807, 2.05) is 26.0 Å². The molecule has 0 fully saturated rings. The Hall–Kier alpha value is -2.38. The van der Waals surface area contributed by atoms with Crippen LogP contribution in [-0.4, -0.2) is 39.3 Å². The van der Waals surface area contributed by atoms with E-state index in [2.05, 4.69) is 11.4 Å². The second-order valence-corrected chi connectivity index (χ2v) is 9.43. The zero-order valence-electron chi connectivity index (χ0n) is 17.6. The van der Waals surface area contributed by atoms with Gasteiger partial charge in [-0.3, -0.25) is 4.79 Å². The molecule has 0 atom stereocenters. The average Bonchev–Trinajstić information content (AvgIpc) is 2.68. The number of amides is 1. The number of ether oxygens (including phenoxy) is 1. The Morgan fingerprint density at radius 2 is 1.72 bits per heavy atom. The lowest BCUT2D eigenvalue weighted by Gasteiger charge is -2.12. The summed E-state index contributed by atoms with van der Waals surface area (Å²) in [5, 5.41) is 2.87. The lowest BCUT2D eigenvalue weighted by atomic mass is 10.1. The molecule has 1 N–H and O–H groups in total. The Morgan fingerprint density at radius 3 is 2.38 bits per heavy atom. The molecule has 0 aliphatic rings. The number of aryl methyl sites for hydroxylation is 2. The van der Waals surface area contributed by atoms with Crippen molar-refractivity contribution in [3.63, 3.8) is 0 Å². The summed E-state index contributed by atoms with van der Waals surface area (Å²) in [5.74, 6) is 0.871. The second-order valence-electron chi connectivity index (χ2n) is 7.28. The summed E-state index contributed by atoms with van der Waals surface area (Å²) in [6, 6.07) is 12.7. The number of rotatable bonds is 10. The van der Waals surface area contributed by atoms with Gasteiger partial charge in [-0.2, -0.15) is 0 Å². The van der Waals surface area contributed by atoms with E-state index in [4.69, 9.17) is 4.74 Å². The van der Waals surface area contributed by atoms with Crippen LogP contribution in [0.2, 0.25) is 0 Å². The number of hydrogen-bond donors (Lipinski definition) is 1. The van der Waals surface area contributed by atoms with Crippen molar-refractivity contribution >= 4 is 15.9 Å². The van der Waals surface area contributed by atoms with Gasteiger partial charge in [-0.1, -0.05) is 24.3 Å². The summed E-state index contributed by atoms with van der Waals surface area (Å²) in [6.07, 6.45) is 1.98. The van der Waals surface area contributed by atoms with Gasteiger partial charge in [0.1, 0.15) is 5.75 Å². The molecule has 0 bridgehead atoms. The van der Waals surface area contributed by atoms with Gasteiger partial charge in [0.05, 0.1) is 11.5 Å². The third-order valence-electron chi connectivity index (χ3n) is 4.59. The van der Waals surface area contributed by atoms with Crippen molar-refractivity contribution in [3.8, 4) is 5.75 Å². The molecule has 2 aromatic rings. The van der Waals surface area contributed by atoms with E-state index in [0.29, 0.717) is 19.6 Å². The average molecular weight is 419 g/mol. The summed E-state index contributed by atoms with van der Waals surface area (Å²) < 4.78 is 31.1. The Kier molecular flexibility index (Phi) is 8.22. The predicted octanol–water partition coefficient (Wildman–Crippen LogP) is 3.42. The summed E-state index contributed by atoms with van der Waals surface area (Å²) >= 11 is 0. The third kappa shape index (κ3) is 6.87. The maximum atomic E-state index is 12.1. The van der Waals surface area contributed by atoms with Crippen molar-refractivity contribution in [2.75, 3.05) is 20.7 Å². The SMILES string of the molecule is Cc1ccc(C)c(OCCCCC(=O)NCc2ccc(S(=O)(=O)N(C)C)cc2)c1. The highest BCUT2D eigenvalue weighted by Crippen LogP contribution is 2.19. The van der Waals surface area contributed by atoms with E-state index in [-0.39, 0.29) is 10.8 Å². The van der Waals surface area contributed by atoms with Crippen molar-refractivity contribution < 1.29 is 17.9 Å². The van der Waals surface area contributed by atoms with Crippen LogP contribution in [0.3, 0.4) is 0 Å². The first-order chi connectivity index (χ1) is 13.7. The van der Waals surface area contributed by atoms with Crippen molar-refractivity contribution in [2.24, 2.45) is 0 Å². The third-order valence-corrected chi connectivity index (χ3v) is 6.42. The summed E-state index contributed by atoms with van der Waals surface area (Å²) in [5.41, 5.74) is 3.13. The van der Waals surface area contributed by atoms with Crippen molar-refractivity contribution in [1.29, 1.82) is 0 Å². The fraction of sp³-hybridized carbons (Fsp3) is 0.409. The van der Waals surface area contributed by atoms with Crippen molar-refractivity contribution in [2.45, 2.75) is 44.6 Å². The van der Waals surface area contributed by atoms with Crippen LogP contribution in [0.1, 0.15) is 36.0 Å². The van der Waals surface area contributed by atoms with Crippen molar-refractivity contribution in [1.82, 2.24) is 9.62 Å². The Bertz CT molecular complexity index is 922. The highest BCUT2D eigenvalue weighted by molar-refractivity contribution is 7.89. The Morgan fingerprint density at radius 1 is 1.03 bits per heavy atom. The first-order valence-electron chi connectivity index (χ1n) is 9.68. The number of carbonyl (C=O) groups excluding carboxylic acids is 1. The monoisotopic (exact) mass is 418 g/mol. The van der Waals surface area contributed by atoms with Crippen LogP contribution >= 0.6 is 0 Å². The molecule has 2 rings (SSSR count). The van der Waals surface area contributed by atoms with E-state index >= 15 is 0 Å². The van der Waals surface area contributed by atoms with Gasteiger partial charge < -0.3 is 10.1 Å². The van der Waals surface area contributed by atoms with Gasteiger partial charge >= 0.3 is 0 Å². The van der Waals surface area contributed by atoms with Gasteiger partial charge in [0.15, 0.2) is 0 Å². The van der Waals surface area contributed by atoms with Gasteiger partial charge in [-0.05, 0) is 61.6 Å². The molecular formula is C22H30N2O4S. The Balaban J connectivity index is 1.69. The molecule has 2 aromatic carbocycles. The van der Waals surface area contributed by atoms with Gasteiger partial charge in [0.2, 0.25) is 15.9 Å². The van der Waals surface area contributed by atoms with E-state index in [1.165, 1.54) is 18.4 Å². The zero-order valence-corrected chi connectivity index (χ0v) is 18.4. The fourth-order valence-corrected chi connectivity index (χ4v) is 3.61. The minimum absolute atomic E-state index is 0.0262. The highest BCUT2D eigenvalue weighted by atomic mass is 32.2. The minimum atomic E-state index is -3.43. The first-order valence-corrected chi connectivity index (χ1v) is 11.1.